The van der Waals surface area contributed by atoms with Gasteiger partial charge in [-0.2, -0.15) is 0 Å². The van der Waals surface area contributed by atoms with E-state index in [2.05, 4.69) is 20.9 Å². The first kappa shape index (κ1) is 12.1. The molecule has 0 saturated carbocycles. The Morgan fingerprint density at radius 1 is 1.16 bits per heavy atom. The molecule has 3 rings (SSSR count). The summed E-state index contributed by atoms with van der Waals surface area (Å²) < 4.78 is 33.4. The second-order valence-electron chi connectivity index (χ2n) is 3.96. The molecule has 3 aromatic rings. The topological polar surface area (TPSA) is 52.0 Å². The molecule has 3 nitrogen and oxygen atoms in total. The highest BCUT2D eigenvalue weighted by atomic mass is 79.9. The number of hydrogen-bond donors (Lipinski definition) is 1. The summed E-state index contributed by atoms with van der Waals surface area (Å²) in [5.41, 5.74) is 6.56. The Bertz CT molecular complexity index is 765. The number of aromatic nitrogens is 1. The number of nitrogen functional groups attached to an aromatic ring is 1. The maximum Gasteiger partial charge on any atom is 0.233 e. The standard InChI is InChI=1S/C13H7BrF2N2O/c14-6-4-9(17)12-10(5-6)18-13(19-12)11-7(15)2-1-3-8(11)16/h1-5H,17H2. The SMILES string of the molecule is Nc1cc(Br)cc2nc(-c3c(F)cccc3F)oc12. The van der Waals surface area contributed by atoms with Crippen LogP contribution < -0.4 is 5.73 Å². The Kier molecular flexibility index (Phi) is 2.74. The minimum absolute atomic E-state index is 0.129. The summed E-state index contributed by atoms with van der Waals surface area (Å²) >= 11 is 3.27. The van der Waals surface area contributed by atoms with Gasteiger partial charge in [0, 0.05) is 4.47 Å². The summed E-state index contributed by atoms with van der Waals surface area (Å²) in [7, 11) is 0. The molecule has 96 valence electrons. The van der Waals surface area contributed by atoms with Crippen LogP contribution in [-0.2, 0) is 0 Å². The summed E-state index contributed by atoms with van der Waals surface area (Å²) in [4.78, 5) is 4.07. The third kappa shape index (κ3) is 1.98. The van der Waals surface area contributed by atoms with E-state index in [-0.39, 0.29) is 11.5 Å². The first-order valence-corrected chi connectivity index (χ1v) is 6.15. The minimum Gasteiger partial charge on any atom is -0.434 e. The highest BCUT2D eigenvalue weighted by Gasteiger charge is 2.18. The number of fused-ring (bicyclic) bond motifs is 1. The van der Waals surface area contributed by atoms with Gasteiger partial charge in [0.25, 0.3) is 0 Å². The van der Waals surface area contributed by atoms with Crippen molar-refractivity contribution in [3.63, 3.8) is 0 Å². The minimum atomic E-state index is -0.732. The van der Waals surface area contributed by atoms with Gasteiger partial charge in [-0.3, -0.25) is 0 Å². The van der Waals surface area contributed by atoms with Gasteiger partial charge >= 0.3 is 0 Å². The third-order valence-electron chi connectivity index (χ3n) is 2.66. The van der Waals surface area contributed by atoms with Crippen LogP contribution in [0, 0.1) is 11.6 Å². The van der Waals surface area contributed by atoms with E-state index in [0.717, 1.165) is 12.1 Å². The average Bonchev–Trinajstić information content (AvgIpc) is 2.72. The zero-order valence-corrected chi connectivity index (χ0v) is 11.0. The lowest BCUT2D eigenvalue weighted by molar-refractivity contribution is 0.561. The Morgan fingerprint density at radius 2 is 1.84 bits per heavy atom. The predicted molar refractivity (Wildman–Crippen MR) is 71.5 cm³/mol. The van der Waals surface area contributed by atoms with E-state index in [1.165, 1.54) is 6.07 Å². The molecular formula is C13H7BrF2N2O. The maximum absolute atomic E-state index is 13.7. The van der Waals surface area contributed by atoms with Crippen molar-refractivity contribution in [3.05, 3.63) is 46.4 Å². The first-order valence-electron chi connectivity index (χ1n) is 5.36. The molecule has 0 fully saturated rings. The number of benzene rings is 2. The Hall–Kier alpha value is -1.95. The molecule has 0 bridgehead atoms. The van der Waals surface area contributed by atoms with Crippen LogP contribution in [-0.4, -0.2) is 4.98 Å². The van der Waals surface area contributed by atoms with Crippen LogP contribution in [0.5, 0.6) is 0 Å². The molecule has 19 heavy (non-hydrogen) atoms. The van der Waals surface area contributed by atoms with Crippen molar-refractivity contribution in [2.45, 2.75) is 0 Å². The van der Waals surface area contributed by atoms with E-state index < -0.39 is 11.6 Å². The number of hydrogen-bond acceptors (Lipinski definition) is 3. The molecule has 1 heterocycles. The highest BCUT2D eigenvalue weighted by molar-refractivity contribution is 9.10. The number of halogens is 3. The van der Waals surface area contributed by atoms with E-state index in [0.29, 0.717) is 21.3 Å². The Labute approximate surface area is 115 Å². The lowest BCUT2D eigenvalue weighted by Gasteiger charge is -1.98. The summed E-state index contributed by atoms with van der Waals surface area (Å²) in [6, 6.07) is 6.87. The van der Waals surface area contributed by atoms with Crippen LogP contribution in [0.25, 0.3) is 22.6 Å². The highest BCUT2D eigenvalue weighted by Crippen LogP contribution is 2.32. The summed E-state index contributed by atoms with van der Waals surface area (Å²) in [6.45, 7) is 0. The van der Waals surface area contributed by atoms with Gasteiger partial charge in [0.15, 0.2) is 5.58 Å². The van der Waals surface area contributed by atoms with Gasteiger partial charge in [0.05, 0.1) is 5.69 Å². The predicted octanol–water partition coefficient (Wildman–Crippen LogP) is 4.12. The second-order valence-corrected chi connectivity index (χ2v) is 4.87. The number of anilines is 1. The Morgan fingerprint density at radius 3 is 2.53 bits per heavy atom. The number of nitrogens with two attached hydrogens (primary N) is 1. The van der Waals surface area contributed by atoms with Gasteiger partial charge in [0.2, 0.25) is 5.89 Å². The van der Waals surface area contributed by atoms with Crippen LogP contribution in [0.3, 0.4) is 0 Å². The normalized spacial score (nSPS) is 11.1. The lowest BCUT2D eigenvalue weighted by Crippen LogP contribution is -1.89. The van der Waals surface area contributed by atoms with Gasteiger partial charge in [0.1, 0.15) is 22.7 Å². The molecule has 0 aliphatic rings. The summed E-state index contributed by atoms with van der Waals surface area (Å²) in [5.74, 6) is -1.59. The maximum atomic E-state index is 13.7. The van der Waals surface area contributed by atoms with Gasteiger partial charge in [-0.25, -0.2) is 13.8 Å². The van der Waals surface area contributed by atoms with Crippen LogP contribution >= 0.6 is 15.9 Å². The molecule has 0 spiro atoms. The zero-order chi connectivity index (χ0) is 13.6. The lowest BCUT2D eigenvalue weighted by atomic mass is 10.2. The van der Waals surface area contributed by atoms with Crippen LogP contribution in [0.15, 0.2) is 39.2 Å². The van der Waals surface area contributed by atoms with Gasteiger partial charge in [-0.15, -0.1) is 0 Å². The van der Waals surface area contributed by atoms with Crippen molar-refractivity contribution in [1.82, 2.24) is 4.98 Å². The van der Waals surface area contributed by atoms with Crippen molar-refractivity contribution >= 4 is 32.7 Å². The molecule has 6 heteroatoms. The number of rotatable bonds is 1. The van der Waals surface area contributed by atoms with Crippen LogP contribution in [0.2, 0.25) is 0 Å². The fraction of sp³-hybridized carbons (Fsp3) is 0. The molecule has 0 unspecified atom stereocenters. The van der Waals surface area contributed by atoms with Gasteiger partial charge in [-0.05, 0) is 24.3 Å². The van der Waals surface area contributed by atoms with Crippen molar-refractivity contribution in [2.24, 2.45) is 0 Å². The monoisotopic (exact) mass is 324 g/mol. The van der Waals surface area contributed by atoms with E-state index in [1.807, 2.05) is 0 Å². The summed E-state index contributed by atoms with van der Waals surface area (Å²) in [5, 5.41) is 0. The molecule has 2 aromatic carbocycles. The van der Waals surface area contributed by atoms with Crippen molar-refractivity contribution in [3.8, 4) is 11.5 Å². The van der Waals surface area contributed by atoms with Gasteiger partial charge in [-0.1, -0.05) is 22.0 Å². The molecule has 0 saturated heterocycles. The molecule has 2 N–H and O–H groups in total. The number of oxazole rings is 1. The van der Waals surface area contributed by atoms with E-state index in [9.17, 15) is 8.78 Å². The number of nitrogens with zero attached hydrogens (tertiary/aromatic N) is 1. The van der Waals surface area contributed by atoms with E-state index >= 15 is 0 Å². The second kappa shape index (κ2) is 4.31. The fourth-order valence-corrected chi connectivity index (χ4v) is 2.30. The summed E-state index contributed by atoms with van der Waals surface area (Å²) in [6.07, 6.45) is 0. The average molecular weight is 325 g/mol. The fourth-order valence-electron chi connectivity index (χ4n) is 1.83. The molecule has 1 aromatic heterocycles. The molecule has 0 atom stereocenters. The van der Waals surface area contributed by atoms with Crippen molar-refractivity contribution in [1.29, 1.82) is 0 Å². The van der Waals surface area contributed by atoms with Crippen LogP contribution in [0.1, 0.15) is 0 Å². The Balaban J connectivity index is 2.30. The molecule has 0 aliphatic heterocycles. The zero-order valence-electron chi connectivity index (χ0n) is 9.45. The molecule has 0 amide bonds. The van der Waals surface area contributed by atoms with Crippen molar-refractivity contribution < 1.29 is 13.2 Å². The smallest absolute Gasteiger partial charge is 0.233 e. The van der Waals surface area contributed by atoms with Crippen molar-refractivity contribution in [2.75, 3.05) is 5.73 Å². The largest absolute Gasteiger partial charge is 0.434 e. The molecule has 0 radical (unpaired) electrons. The molecular weight excluding hydrogens is 318 g/mol. The molecule has 0 aliphatic carbocycles. The van der Waals surface area contributed by atoms with E-state index in [1.54, 1.807) is 12.1 Å². The van der Waals surface area contributed by atoms with Gasteiger partial charge < -0.3 is 10.2 Å². The first-order chi connectivity index (χ1) is 9.06. The van der Waals surface area contributed by atoms with E-state index in [4.69, 9.17) is 10.2 Å². The quantitative estimate of drug-likeness (QED) is 0.685. The third-order valence-corrected chi connectivity index (χ3v) is 3.12. The van der Waals surface area contributed by atoms with Crippen LogP contribution in [0.4, 0.5) is 14.5 Å².